The van der Waals surface area contributed by atoms with Crippen LogP contribution in [-0.4, -0.2) is 36.0 Å². The van der Waals surface area contributed by atoms with E-state index in [0.717, 1.165) is 0 Å². The smallest absolute Gasteiger partial charge is 0.268 e. The van der Waals surface area contributed by atoms with Crippen LogP contribution in [0.4, 0.5) is 8.78 Å². The number of alkyl halides is 2. The summed E-state index contributed by atoms with van der Waals surface area (Å²) >= 11 is 0. The van der Waals surface area contributed by atoms with E-state index in [2.05, 4.69) is 5.32 Å². The van der Waals surface area contributed by atoms with Crippen molar-refractivity contribution in [3.05, 3.63) is 0 Å². The van der Waals surface area contributed by atoms with Crippen molar-refractivity contribution in [2.24, 2.45) is 0 Å². The molecule has 0 aromatic rings. The standard InChI is InChI=1S/C8H12F2N2O/c9-8(10)3-1-2-6(8)12-5-11-4-7(12)13/h6,11H,1-5H2. The van der Waals surface area contributed by atoms with Crippen molar-refractivity contribution in [2.45, 2.75) is 31.2 Å². The lowest BCUT2D eigenvalue weighted by Gasteiger charge is -2.28. The lowest BCUT2D eigenvalue weighted by molar-refractivity contribution is -0.136. The third-order valence-electron chi connectivity index (χ3n) is 2.73. The van der Waals surface area contributed by atoms with Gasteiger partial charge < -0.3 is 4.90 Å². The number of halogens is 2. The van der Waals surface area contributed by atoms with Crippen LogP contribution in [0.1, 0.15) is 19.3 Å². The lowest BCUT2D eigenvalue weighted by Crippen LogP contribution is -2.45. The molecule has 1 atom stereocenters. The molecule has 0 spiro atoms. The van der Waals surface area contributed by atoms with Crippen LogP contribution in [0.5, 0.6) is 0 Å². The van der Waals surface area contributed by atoms with Gasteiger partial charge in [0, 0.05) is 6.42 Å². The van der Waals surface area contributed by atoms with Gasteiger partial charge in [0.15, 0.2) is 0 Å². The first-order valence-electron chi connectivity index (χ1n) is 4.49. The Morgan fingerprint density at radius 3 is 2.77 bits per heavy atom. The Kier molecular flexibility index (Phi) is 1.98. The SMILES string of the molecule is O=C1CNCN1C1CCCC1(F)F. The van der Waals surface area contributed by atoms with E-state index in [-0.39, 0.29) is 25.5 Å². The molecule has 1 unspecified atom stereocenters. The fourth-order valence-electron chi connectivity index (χ4n) is 2.05. The van der Waals surface area contributed by atoms with Gasteiger partial charge in [-0.05, 0) is 12.8 Å². The fraction of sp³-hybridized carbons (Fsp3) is 0.875. The van der Waals surface area contributed by atoms with Crippen molar-refractivity contribution in [2.75, 3.05) is 13.2 Å². The van der Waals surface area contributed by atoms with Gasteiger partial charge in [-0.1, -0.05) is 0 Å². The van der Waals surface area contributed by atoms with Crippen LogP contribution in [0, 0.1) is 0 Å². The van der Waals surface area contributed by atoms with Crippen molar-refractivity contribution in [1.29, 1.82) is 0 Å². The highest BCUT2D eigenvalue weighted by Gasteiger charge is 2.49. The second kappa shape index (κ2) is 2.90. The van der Waals surface area contributed by atoms with E-state index in [0.29, 0.717) is 12.8 Å². The molecular weight excluding hydrogens is 178 g/mol. The summed E-state index contributed by atoms with van der Waals surface area (Å²) in [7, 11) is 0. The minimum Gasteiger partial charge on any atom is -0.320 e. The average molecular weight is 190 g/mol. The fourth-order valence-corrected chi connectivity index (χ4v) is 2.05. The number of nitrogens with zero attached hydrogens (tertiary/aromatic N) is 1. The molecule has 74 valence electrons. The molecule has 1 aliphatic carbocycles. The number of hydrogen-bond acceptors (Lipinski definition) is 2. The highest BCUT2D eigenvalue weighted by atomic mass is 19.3. The van der Waals surface area contributed by atoms with Gasteiger partial charge in [-0.15, -0.1) is 0 Å². The number of amides is 1. The maximum absolute atomic E-state index is 13.2. The first-order chi connectivity index (χ1) is 6.11. The van der Waals surface area contributed by atoms with Crippen LogP contribution in [0.15, 0.2) is 0 Å². The van der Waals surface area contributed by atoms with Gasteiger partial charge in [-0.2, -0.15) is 0 Å². The van der Waals surface area contributed by atoms with Crippen LogP contribution < -0.4 is 5.32 Å². The molecule has 13 heavy (non-hydrogen) atoms. The third kappa shape index (κ3) is 1.41. The first-order valence-corrected chi connectivity index (χ1v) is 4.49. The molecule has 2 fully saturated rings. The lowest BCUT2D eigenvalue weighted by atomic mass is 10.2. The van der Waals surface area contributed by atoms with Crippen molar-refractivity contribution in [3.8, 4) is 0 Å². The van der Waals surface area contributed by atoms with E-state index in [9.17, 15) is 13.6 Å². The average Bonchev–Trinajstić information content (AvgIpc) is 2.56. The second-order valence-corrected chi connectivity index (χ2v) is 3.62. The Bertz CT molecular complexity index is 232. The van der Waals surface area contributed by atoms with E-state index in [1.165, 1.54) is 4.90 Å². The summed E-state index contributed by atoms with van der Waals surface area (Å²) in [4.78, 5) is 12.5. The Morgan fingerprint density at radius 2 is 2.31 bits per heavy atom. The van der Waals surface area contributed by atoms with Crippen LogP contribution in [0.3, 0.4) is 0 Å². The quantitative estimate of drug-likeness (QED) is 0.655. The third-order valence-corrected chi connectivity index (χ3v) is 2.73. The number of nitrogens with one attached hydrogen (secondary N) is 1. The minimum absolute atomic E-state index is 0.0819. The summed E-state index contributed by atoms with van der Waals surface area (Å²) in [5.74, 6) is -2.88. The Balaban J connectivity index is 2.11. The van der Waals surface area contributed by atoms with Gasteiger partial charge in [0.2, 0.25) is 5.91 Å². The van der Waals surface area contributed by atoms with Gasteiger partial charge in [-0.3, -0.25) is 10.1 Å². The van der Waals surface area contributed by atoms with E-state index in [1.807, 2.05) is 0 Å². The van der Waals surface area contributed by atoms with Gasteiger partial charge in [-0.25, -0.2) is 8.78 Å². The summed E-state index contributed by atoms with van der Waals surface area (Å²) in [5, 5.41) is 2.78. The highest BCUT2D eigenvalue weighted by molar-refractivity contribution is 5.80. The minimum atomic E-state index is -2.68. The summed E-state index contributed by atoms with van der Waals surface area (Å²) in [5.41, 5.74) is 0. The van der Waals surface area contributed by atoms with Crippen molar-refractivity contribution < 1.29 is 13.6 Å². The molecule has 5 heteroatoms. The van der Waals surface area contributed by atoms with Crippen LogP contribution in [-0.2, 0) is 4.79 Å². The van der Waals surface area contributed by atoms with Crippen LogP contribution >= 0.6 is 0 Å². The molecule has 1 N–H and O–H groups in total. The molecule has 2 rings (SSSR count). The summed E-state index contributed by atoms with van der Waals surface area (Å²) in [6.45, 7) is 0.478. The Hall–Kier alpha value is -0.710. The zero-order chi connectivity index (χ0) is 9.47. The van der Waals surface area contributed by atoms with E-state index in [4.69, 9.17) is 0 Å². The van der Waals surface area contributed by atoms with Crippen LogP contribution in [0.2, 0.25) is 0 Å². The van der Waals surface area contributed by atoms with Gasteiger partial charge in [0.05, 0.1) is 19.3 Å². The Labute approximate surface area is 75.1 Å². The predicted molar refractivity (Wildman–Crippen MR) is 42.3 cm³/mol. The largest absolute Gasteiger partial charge is 0.320 e. The van der Waals surface area contributed by atoms with E-state index < -0.39 is 12.0 Å². The first kappa shape index (κ1) is 8.87. The van der Waals surface area contributed by atoms with Crippen molar-refractivity contribution in [1.82, 2.24) is 10.2 Å². The number of rotatable bonds is 1. The summed E-state index contributed by atoms with van der Waals surface area (Å²) in [6.07, 6.45) is 0.864. The molecule has 2 aliphatic rings. The number of carbonyl (C=O) groups is 1. The molecule has 0 radical (unpaired) electrons. The maximum atomic E-state index is 13.2. The monoisotopic (exact) mass is 190 g/mol. The van der Waals surface area contributed by atoms with E-state index >= 15 is 0 Å². The zero-order valence-electron chi connectivity index (χ0n) is 7.22. The van der Waals surface area contributed by atoms with Gasteiger partial charge in [0.1, 0.15) is 0 Å². The number of hydrogen-bond donors (Lipinski definition) is 1. The van der Waals surface area contributed by atoms with Crippen LogP contribution in [0.25, 0.3) is 0 Å². The van der Waals surface area contributed by atoms with Gasteiger partial charge in [0.25, 0.3) is 5.92 Å². The molecule has 1 aliphatic heterocycles. The molecule has 0 aromatic carbocycles. The second-order valence-electron chi connectivity index (χ2n) is 3.62. The Morgan fingerprint density at radius 1 is 1.54 bits per heavy atom. The molecule has 3 nitrogen and oxygen atoms in total. The van der Waals surface area contributed by atoms with Gasteiger partial charge >= 0.3 is 0 Å². The zero-order valence-corrected chi connectivity index (χ0v) is 7.22. The molecule has 0 aromatic heterocycles. The normalized spacial score (nSPS) is 32.9. The molecule has 1 heterocycles. The van der Waals surface area contributed by atoms with Crippen molar-refractivity contribution in [3.63, 3.8) is 0 Å². The molecular formula is C8H12F2N2O. The predicted octanol–water partition coefficient (Wildman–Crippen LogP) is 0.563. The summed E-state index contributed by atoms with van der Waals surface area (Å²) in [6, 6.07) is -0.866. The van der Waals surface area contributed by atoms with Crippen molar-refractivity contribution >= 4 is 5.91 Å². The molecule has 0 bridgehead atoms. The molecule has 1 amide bonds. The highest BCUT2D eigenvalue weighted by Crippen LogP contribution is 2.38. The summed E-state index contributed by atoms with van der Waals surface area (Å²) < 4.78 is 26.4. The number of carbonyl (C=O) groups excluding carboxylic acids is 1. The molecule has 1 saturated carbocycles. The van der Waals surface area contributed by atoms with E-state index in [1.54, 1.807) is 0 Å². The maximum Gasteiger partial charge on any atom is 0.268 e. The topological polar surface area (TPSA) is 32.3 Å². The molecule has 1 saturated heterocycles.